The second-order valence-electron chi connectivity index (χ2n) is 5.60. The van der Waals surface area contributed by atoms with Gasteiger partial charge in [-0.2, -0.15) is 0 Å². The molecule has 7 nitrogen and oxygen atoms in total. The largest absolute Gasteiger partial charge is 0.478 e. The summed E-state index contributed by atoms with van der Waals surface area (Å²) in [5.41, 5.74) is 1.19. The van der Waals surface area contributed by atoms with Crippen LogP contribution in [0.1, 0.15) is 10.4 Å². The van der Waals surface area contributed by atoms with Crippen molar-refractivity contribution in [3.8, 4) is 10.6 Å². The first-order chi connectivity index (χ1) is 13.3. The number of nitrogens with one attached hydrogen (secondary N) is 1. The minimum absolute atomic E-state index is 0.0164. The van der Waals surface area contributed by atoms with Crippen molar-refractivity contribution in [2.45, 2.75) is 4.21 Å². The number of hydrogen-bond donors (Lipinski definition) is 2. The van der Waals surface area contributed by atoms with Crippen LogP contribution in [0.25, 0.3) is 20.8 Å². The summed E-state index contributed by atoms with van der Waals surface area (Å²) in [6.45, 7) is 0. The van der Waals surface area contributed by atoms with Crippen molar-refractivity contribution in [3.63, 3.8) is 0 Å². The number of benzene rings is 2. The second kappa shape index (κ2) is 6.93. The minimum Gasteiger partial charge on any atom is -0.478 e. The van der Waals surface area contributed by atoms with Crippen LogP contribution in [-0.4, -0.2) is 29.5 Å². The van der Waals surface area contributed by atoms with Crippen LogP contribution in [-0.2, 0) is 10.0 Å². The smallest absolute Gasteiger partial charge is 0.335 e. The topological polar surface area (TPSA) is 109 Å². The zero-order valence-electron chi connectivity index (χ0n) is 13.8. The molecule has 11 heteroatoms. The van der Waals surface area contributed by atoms with Gasteiger partial charge in [0.1, 0.15) is 10.8 Å². The SMILES string of the molecule is O=C(O)c1ccc2nc(NS(=O)(=O)c3cnc(-c4ccc(F)cc4)s3)sc2c1. The highest BCUT2D eigenvalue weighted by atomic mass is 32.2. The maximum Gasteiger partial charge on any atom is 0.335 e. The van der Waals surface area contributed by atoms with Crippen molar-refractivity contribution in [1.82, 2.24) is 9.97 Å². The first-order valence-corrected chi connectivity index (χ1v) is 10.8. The molecule has 0 spiro atoms. The molecule has 4 aromatic rings. The lowest BCUT2D eigenvalue weighted by Crippen LogP contribution is -2.11. The van der Waals surface area contributed by atoms with Crippen LogP contribution in [0.15, 0.2) is 52.9 Å². The molecule has 0 saturated heterocycles. The molecule has 4 rings (SSSR count). The molecule has 142 valence electrons. The number of aromatic carboxylic acids is 1. The van der Waals surface area contributed by atoms with E-state index in [2.05, 4.69) is 14.7 Å². The van der Waals surface area contributed by atoms with Gasteiger partial charge in [-0.25, -0.2) is 27.6 Å². The Morgan fingerprint density at radius 1 is 1.11 bits per heavy atom. The molecule has 0 aliphatic rings. The number of thiazole rings is 2. The lowest BCUT2D eigenvalue weighted by atomic mass is 10.2. The summed E-state index contributed by atoms with van der Waals surface area (Å²) in [5, 5.41) is 9.60. The molecule has 2 heterocycles. The van der Waals surface area contributed by atoms with E-state index in [0.29, 0.717) is 20.8 Å². The van der Waals surface area contributed by atoms with Gasteiger partial charge in [0.25, 0.3) is 10.0 Å². The molecule has 0 saturated carbocycles. The third-order valence-corrected chi connectivity index (χ3v) is 7.61. The number of anilines is 1. The van der Waals surface area contributed by atoms with E-state index in [0.717, 1.165) is 22.7 Å². The van der Waals surface area contributed by atoms with Crippen molar-refractivity contribution < 1.29 is 22.7 Å². The molecular weight excluding hydrogens is 425 g/mol. The number of carbonyl (C=O) groups is 1. The average molecular weight is 435 g/mol. The summed E-state index contributed by atoms with van der Waals surface area (Å²) in [6, 6.07) is 9.95. The highest BCUT2D eigenvalue weighted by Gasteiger charge is 2.21. The van der Waals surface area contributed by atoms with Crippen molar-refractivity contribution in [1.29, 1.82) is 0 Å². The predicted molar refractivity (Wildman–Crippen MR) is 105 cm³/mol. The summed E-state index contributed by atoms with van der Waals surface area (Å²) in [5.74, 6) is -1.47. The second-order valence-corrected chi connectivity index (χ2v) is 9.57. The van der Waals surface area contributed by atoms with Crippen molar-refractivity contribution in [2.75, 3.05) is 4.72 Å². The van der Waals surface area contributed by atoms with Crippen LogP contribution in [0.2, 0.25) is 0 Å². The minimum atomic E-state index is -3.92. The Kier molecular flexibility index (Phi) is 4.57. The predicted octanol–water partition coefficient (Wildman–Crippen LogP) is 4.06. The van der Waals surface area contributed by atoms with Crippen molar-refractivity contribution in [2.24, 2.45) is 0 Å². The maximum absolute atomic E-state index is 13.0. The van der Waals surface area contributed by atoms with Gasteiger partial charge in [0.15, 0.2) is 9.34 Å². The number of nitrogens with zero attached hydrogens (tertiary/aromatic N) is 2. The van der Waals surface area contributed by atoms with Gasteiger partial charge in [0.05, 0.1) is 22.0 Å². The molecule has 28 heavy (non-hydrogen) atoms. The third kappa shape index (κ3) is 3.59. The van der Waals surface area contributed by atoms with E-state index in [1.165, 1.54) is 48.7 Å². The van der Waals surface area contributed by atoms with E-state index < -0.39 is 21.8 Å². The Morgan fingerprint density at radius 2 is 1.86 bits per heavy atom. The van der Waals surface area contributed by atoms with E-state index >= 15 is 0 Å². The van der Waals surface area contributed by atoms with Gasteiger partial charge in [0.2, 0.25) is 0 Å². The van der Waals surface area contributed by atoms with E-state index in [9.17, 15) is 17.6 Å². The molecule has 0 aliphatic carbocycles. The zero-order valence-corrected chi connectivity index (χ0v) is 16.2. The van der Waals surface area contributed by atoms with Gasteiger partial charge in [0, 0.05) is 5.56 Å². The molecule has 2 aromatic carbocycles. The number of carboxylic acids is 1. The Labute approximate surface area is 166 Å². The van der Waals surface area contributed by atoms with Gasteiger partial charge < -0.3 is 5.11 Å². The van der Waals surface area contributed by atoms with Crippen molar-refractivity contribution in [3.05, 3.63) is 60.0 Å². The molecule has 0 radical (unpaired) electrons. The van der Waals surface area contributed by atoms with Gasteiger partial charge in [-0.1, -0.05) is 11.3 Å². The Hall–Kier alpha value is -2.89. The molecule has 0 amide bonds. The van der Waals surface area contributed by atoms with Gasteiger partial charge in [-0.15, -0.1) is 11.3 Å². The highest BCUT2D eigenvalue weighted by molar-refractivity contribution is 7.95. The number of aromatic nitrogens is 2. The molecule has 0 bridgehead atoms. The molecular formula is C17H10FN3O4S3. The fraction of sp³-hybridized carbons (Fsp3) is 0. The molecule has 2 N–H and O–H groups in total. The Balaban J connectivity index is 1.61. The van der Waals surface area contributed by atoms with Crippen LogP contribution in [0.3, 0.4) is 0 Å². The summed E-state index contributed by atoms with van der Waals surface area (Å²) in [7, 11) is -3.92. The van der Waals surface area contributed by atoms with Crippen LogP contribution in [0.5, 0.6) is 0 Å². The first-order valence-electron chi connectivity index (χ1n) is 7.70. The lowest BCUT2D eigenvalue weighted by molar-refractivity contribution is 0.0697. The first kappa shape index (κ1) is 18.5. The number of rotatable bonds is 5. The molecule has 0 aliphatic heterocycles. The molecule has 2 aromatic heterocycles. The van der Waals surface area contributed by atoms with Gasteiger partial charge in [-0.3, -0.25) is 4.72 Å². The highest BCUT2D eigenvalue weighted by Crippen LogP contribution is 2.32. The standard InChI is InChI=1S/C17H10FN3O4S3/c18-11-4-1-9(2-5-11)15-19-8-14(27-15)28(24,25)21-17-20-12-6-3-10(16(22)23)7-13(12)26-17/h1-8H,(H,20,21)(H,22,23). The Bertz CT molecular complexity index is 1300. The number of halogens is 1. The van der Waals surface area contributed by atoms with Crippen LogP contribution < -0.4 is 4.72 Å². The number of fused-ring (bicyclic) bond motifs is 1. The van der Waals surface area contributed by atoms with Crippen LogP contribution >= 0.6 is 22.7 Å². The van der Waals surface area contributed by atoms with Crippen LogP contribution in [0, 0.1) is 5.82 Å². The zero-order chi connectivity index (χ0) is 19.9. The summed E-state index contributed by atoms with van der Waals surface area (Å²) < 4.78 is 41.2. The third-order valence-electron chi connectivity index (χ3n) is 3.70. The summed E-state index contributed by atoms with van der Waals surface area (Å²) >= 11 is 1.98. The molecule has 0 atom stereocenters. The quantitative estimate of drug-likeness (QED) is 0.489. The normalized spacial score (nSPS) is 11.6. The number of carboxylic acid groups (broad SMARTS) is 1. The van der Waals surface area contributed by atoms with Crippen molar-refractivity contribution >= 4 is 54.0 Å². The Morgan fingerprint density at radius 3 is 2.57 bits per heavy atom. The lowest BCUT2D eigenvalue weighted by Gasteiger charge is -2.01. The van der Waals surface area contributed by atoms with E-state index in [4.69, 9.17) is 5.11 Å². The fourth-order valence-corrected chi connectivity index (χ4v) is 5.65. The molecule has 0 fully saturated rings. The van der Waals surface area contributed by atoms with E-state index in [1.807, 2.05) is 0 Å². The molecule has 0 unspecified atom stereocenters. The van der Waals surface area contributed by atoms with E-state index in [-0.39, 0.29) is 14.9 Å². The van der Waals surface area contributed by atoms with Gasteiger partial charge >= 0.3 is 5.97 Å². The monoisotopic (exact) mass is 435 g/mol. The summed E-state index contributed by atoms with van der Waals surface area (Å²) in [6.07, 6.45) is 1.22. The van der Waals surface area contributed by atoms with E-state index in [1.54, 1.807) is 0 Å². The summed E-state index contributed by atoms with van der Waals surface area (Å²) in [4.78, 5) is 19.3. The fourth-order valence-electron chi connectivity index (χ4n) is 2.38. The van der Waals surface area contributed by atoms with Gasteiger partial charge in [-0.05, 0) is 42.5 Å². The van der Waals surface area contributed by atoms with Crippen LogP contribution in [0.4, 0.5) is 9.52 Å². The number of sulfonamides is 1. The maximum atomic E-state index is 13.0. The number of hydrogen-bond acceptors (Lipinski definition) is 7. The average Bonchev–Trinajstić information content (AvgIpc) is 3.28.